The molecule has 0 radical (unpaired) electrons. The Kier molecular flexibility index (Phi) is 6.28. The van der Waals surface area contributed by atoms with Crippen molar-refractivity contribution in [1.82, 2.24) is 10.2 Å². The van der Waals surface area contributed by atoms with Crippen LogP contribution in [-0.4, -0.2) is 41.4 Å². The van der Waals surface area contributed by atoms with Gasteiger partial charge in [0.05, 0.1) is 18.7 Å². The molecule has 29 heavy (non-hydrogen) atoms. The number of nitrogens with zero attached hydrogens (tertiary/aromatic N) is 1. The summed E-state index contributed by atoms with van der Waals surface area (Å²) in [6, 6.07) is 12.9. The number of anilines is 1. The van der Waals surface area contributed by atoms with Gasteiger partial charge in [0.1, 0.15) is 0 Å². The summed E-state index contributed by atoms with van der Waals surface area (Å²) in [5, 5.41) is 5.12. The molecular weight excluding hydrogens is 442 g/mol. The van der Waals surface area contributed by atoms with Crippen LogP contribution in [0.1, 0.15) is 22.8 Å². The normalized spacial score (nSPS) is 14.3. The molecule has 0 aromatic heterocycles. The fourth-order valence-electron chi connectivity index (χ4n) is 2.60. The van der Waals surface area contributed by atoms with Crippen LogP contribution in [0, 0.1) is 0 Å². The highest BCUT2D eigenvalue weighted by Gasteiger charge is 2.28. The van der Waals surface area contributed by atoms with Crippen LogP contribution in [0.4, 0.5) is 10.5 Å². The van der Waals surface area contributed by atoms with Crippen LogP contribution in [0.3, 0.4) is 0 Å². The van der Waals surface area contributed by atoms with E-state index in [1.54, 1.807) is 36.4 Å². The molecule has 1 atom stereocenters. The monoisotopic (exact) mass is 459 g/mol. The van der Waals surface area contributed by atoms with Crippen LogP contribution in [0.25, 0.3) is 0 Å². The summed E-state index contributed by atoms with van der Waals surface area (Å²) >= 11 is 3.31. The Bertz CT molecular complexity index is 928. The van der Waals surface area contributed by atoms with Gasteiger partial charge in [0.15, 0.2) is 6.10 Å². The van der Waals surface area contributed by atoms with Crippen molar-refractivity contribution >= 4 is 45.4 Å². The quantitative estimate of drug-likeness (QED) is 0.510. The number of nitrogens with one attached hydrogen (secondary N) is 2. The van der Waals surface area contributed by atoms with Crippen LogP contribution in [0.15, 0.2) is 53.0 Å². The maximum Gasteiger partial charge on any atom is 0.338 e. The zero-order valence-corrected chi connectivity index (χ0v) is 17.1. The fraction of sp³-hybridized carbons (Fsp3) is 0.200. The first-order valence-corrected chi connectivity index (χ1v) is 9.57. The van der Waals surface area contributed by atoms with Gasteiger partial charge in [0.25, 0.3) is 5.91 Å². The van der Waals surface area contributed by atoms with Crippen molar-refractivity contribution in [2.45, 2.75) is 19.6 Å². The predicted octanol–water partition coefficient (Wildman–Crippen LogP) is 2.68. The first kappa shape index (κ1) is 20.5. The standard InChI is InChI=1S/C20H18BrN3O5/c1-12(18(26)23-16-8-6-15(21)7-9-16)29-19(27)14-4-2-13(3-5-14)11-24-17(25)10-22-20(24)28/h2-9,12H,10-11H2,1H3,(H,22,28)(H,23,26). The molecule has 9 heteroatoms. The van der Waals surface area contributed by atoms with Crippen molar-refractivity contribution in [3.05, 3.63) is 64.1 Å². The van der Waals surface area contributed by atoms with E-state index in [1.807, 2.05) is 0 Å². The van der Waals surface area contributed by atoms with E-state index in [0.717, 1.165) is 9.37 Å². The lowest BCUT2D eigenvalue weighted by molar-refractivity contribution is -0.125. The van der Waals surface area contributed by atoms with Crippen molar-refractivity contribution in [3.8, 4) is 0 Å². The number of rotatable bonds is 6. The average molecular weight is 460 g/mol. The number of benzene rings is 2. The number of halogens is 1. The van der Waals surface area contributed by atoms with Crippen LogP contribution < -0.4 is 10.6 Å². The van der Waals surface area contributed by atoms with Gasteiger partial charge in [0.2, 0.25) is 5.91 Å². The van der Waals surface area contributed by atoms with Crippen molar-refractivity contribution in [2.75, 3.05) is 11.9 Å². The van der Waals surface area contributed by atoms with Gasteiger partial charge in [-0.1, -0.05) is 28.1 Å². The van der Waals surface area contributed by atoms with E-state index < -0.39 is 24.0 Å². The Labute approximate surface area is 175 Å². The minimum atomic E-state index is -0.989. The van der Waals surface area contributed by atoms with E-state index in [2.05, 4.69) is 26.6 Å². The number of hydrogen-bond acceptors (Lipinski definition) is 5. The number of esters is 1. The minimum Gasteiger partial charge on any atom is -0.449 e. The fourth-order valence-corrected chi connectivity index (χ4v) is 2.87. The van der Waals surface area contributed by atoms with E-state index in [0.29, 0.717) is 11.3 Å². The summed E-state index contributed by atoms with van der Waals surface area (Å²) in [5.74, 6) is -1.40. The molecule has 8 nitrogen and oxygen atoms in total. The van der Waals surface area contributed by atoms with Gasteiger partial charge in [0, 0.05) is 10.2 Å². The van der Waals surface area contributed by atoms with Gasteiger partial charge in [-0.3, -0.25) is 14.5 Å². The number of imide groups is 1. The summed E-state index contributed by atoms with van der Waals surface area (Å²) in [4.78, 5) is 48.8. The second-order valence-electron chi connectivity index (χ2n) is 6.38. The third-order valence-electron chi connectivity index (χ3n) is 4.23. The summed E-state index contributed by atoms with van der Waals surface area (Å²) in [7, 11) is 0. The zero-order chi connectivity index (χ0) is 21.0. The first-order valence-electron chi connectivity index (χ1n) is 8.78. The van der Waals surface area contributed by atoms with Gasteiger partial charge in [-0.2, -0.15) is 0 Å². The SMILES string of the molecule is CC(OC(=O)c1ccc(CN2C(=O)CNC2=O)cc1)C(=O)Nc1ccc(Br)cc1. The lowest BCUT2D eigenvalue weighted by atomic mass is 10.1. The Morgan fingerprint density at radius 3 is 2.38 bits per heavy atom. The minimum absolute atomic E-state index is 0.0105. The van der Waals surface area contributed by atoms with Gasteiger partial charge in [-0.05, 0) is 48.9 Å². The van der Waals surface area contributed by atoms with E-state index in [1.165, 1.54) is 19.1 Å². The maximum atomic E-state index is 12.3. The molecule has 150 valence electrons. The summed E-state index contributed by atoms with van der Waals surface area (Å²) in [6.07, 6.45) is -0.989. The van der Waals surface area contributed by atoms with Crippen LogP contribution in [-0.2, 0) is 20.9 Å². The highest BCUT2D eigenvalue weighted by atomic mass is 79.9. The Morgan fingerprint density at radius 2 is 1.79 bits per heavy atom. The van der Waals surface area contributed by atoms with Crippen molar-refractivity contribution < 1.29 is 23.9 Å². The van der Waals surface area contributed by atoms with Crippen LogP contribution in [0.5, 0.6) is 0 Å². The second-order valence-corrected chi connectivity index (χ2v) is 7.29. The molecule has 1 heterocycles. The highest BCUT2D eigenvalue weighted by Crippen LogP contribution is 2.15. The largest absolute Gasteiger partial charge is 0.449 e. The summed E-state index contributed by atoms with van der Waals surface area (Å²) < 4.78 is 6.10. The van der Waals surface area contributed by atoms with E-state index in [4.69, 9.17) is 4.74 Å². The van der Waals surface area contributed by atoms with Gasteiger partial charge in [-0.15, -0.1) is 0 Å². The number of amides is 4. The van der Waals surface area contributed by atoms with Crippen LogP contribution >= 0.6 is 15.9 Å². The molecule has 4 amide bonds. The second kappa shape index (κ2) is 8.87. The number of ether oxygens (including phenoxy) is 1. The molecule has 0 spiro atoms. The molecule has 1 saturated heterocycles. The number of urea groups is 1. The molecule has 1 fully saturated rings. The summed E-state index contributed by atoms with van der Waals surface area (Å²) in [5.41, 5.74) is 1.54. The Morgan fingerprint density at radius 1 is 1.14 bits per heavy atom. The zero-order valence-electron chi connectivity index (χ0n) is 15.5. The topological polar surface area (TPSA) is 105 Å². The van der Waals surface area contributed by atoms with E-state index in [9.17, 15) is 19.2 Å². The third kappa shape index (κ3) is 5.20. The Balaban J connectivity index is 1.55. The van der Waals surface area contributed by atoms with Gasteiger partial charge in [-0.25, -0.2) is 9.59 Å². The molecule has 3 rings (SSSR count). The molecule has 2 N–H and O–H groups in total. The number of hydrogen-bond donors (Lipinski definition) is 2. The molecule has 2 aromatic rings. The molecule has 1 aliphatic rings. The van der Waals surface area contributed by atoms with Crippen molar-refractivity contribution in [2.24, 2.45) is 0 Å². The summed E-state index contributed by atoms with van der Waals surface area (Å²) in [6.45, 7) is 1.59. The highest BCUT2D eigenvalue weighted by molar-refractivity contribution is 9.10. The molecule has 0 aliphatic carbocycles. The smallest absolute Gasteiger partial charge is 0.338 e. The van der Waals surface area contributed by atoms with Crippen LogP contribution in [0.2, 0.25) is 0 Å². The van der Waals surface area contributed by atoms with Gasteiger partial charge < -0.3 is 15.4 Å². The van der Waals surface area contributed by atoms with Gasteiger partial charge >= 0.3 is 12.0 Å². The van der Waals surface area contributed by atoms with Crippen molar-refractivity contribution in [3.63, 3.8) is 0 Å². The third-order valence-corrected chi connectivity index (χ3v) is 4.76. The lowest BCUT2D eigenvalue weighted by Crippen LogP contribution is -2.30. The average Bonchev–Trinajstić information content (AvgIpc) is 3.02. The predicted molar refractivity (Wildman–Crippen MR) is 108 cm³/mol. The molecule has 1 aliphatic heterocycles. The number of carbonyl (C=O) groups is 4. The Hall–Kier alpha value is -3.20. The molecule has 0 saturated carbocycles. The molecular formula is C20H18BrN3O5. The first-order chi connectivity index (χ1) is 13.8. The lowest BCUT2D eigenvalue weighted by Gasteiger charge is -2.14. The molecule has 1 unspecified atom stereocenters. The van der Waals surface area contributed by atoms with E-state index in [-0.39, 0.29) is 24.6 Å². The molecule has 2 aromatic carbocycles. The molecule has 0 bridgehead atoms. The van der Waals surface area contributed by atoms with E-state index >= 15 is 0 Å². The maximum absolute atomic E-state index is 12.3. The van der Waals surface area contributed by atoms with Crippen molar-refractivity contribution in [1.29, 1.82) is 0 Å². The number of carbonyl (C=O) groups excluding carboxylic acids is 4.